The molecule has 1 saturated heterocycles. The molecule has 0 amide bonds. The van der Waals surface area contributed by atoms with Crippen LogP contribution in [0.3, 0.4) is 0 Å². The van der Waals surface area contributed by atoms with Gasteiger partial charge in [-0.05, 0) is 40.5 Å². The fourth-order valence-electron chi connectivity index (χ4n) is 1.60. The largest absolute Gasteiger partial charge is 0.489 e. The molecule has 1 unspecified atom stereocenters. The van der Waals surface area contributed by atoms with E-state index in [0.29, 0.717) is 16.6 Å². The zero-order valence-corrected chi connectivity index (χ0v) is 10.7. The highest BCUT2D eigenvalue weighted by Gasteiger charge is 2.29. The highest BCUT2D eigenvalue weighted by molar-refractivity contribution is 9.10. The molecule has 0 N–H and O–H groups in total. The average Bonchev–Trinajstić information content (AvgIpc) is 2.52. The lowest BCUT2D eigenvalue weighted by Crippen LogP contribution is -2.17. The lowest BCUT2D eigenvalue weighted by molar-refractivity contribution is 0.228. The van der Waals surface area contributed by atoms with E-state index in [1.165, 1.54) is 18.2 Å². The van der Waals surface area contributed by atoms with Crippen molar-refractivity contribution in [2.75, 3.05) is 11.5 Å². The second kappa shape index (κ2) is 4.33. The van der Waals surface area contributed by atoms with Gasteiger partial charge in [0.05, 0.1) is 16.0 Å². The molecule has 0 saturated carbocycles. The first-order valence-electron chi connectivity index (χ1n) is 4.78. The van der Waals surface area contributed by atoms with Crippen LogP contribution in [0, 0.1) is 5.82 Å². The van der Waals surface area contributed by atoms with Gasteiger partial charge in [-0.3, -0.25) is 0 Å². The Morgan fingerprint density at radius 1 is 1.44 bits per heavy atom. The first kappa shape index (κ1) is 11.9. The van der Waals surface area contributed by atoms with Crippen LogP contribution >= 0.6 is 15.9 Å². The Hall–Kier alpha value is -0.620. The van der Waals surface area contributed by atoms with Crippen molar-refractivity contribution in [2.45, 2.75) is 12.5 Å². The summed E-state index contributed by atoms with van der Waals surface area (Å²) in [6.45, 7) is 0. The van der Waals surface area contributed by atoms with E-state index in [4.69, 9.17) is 4.74 Å². The number of halogens is 2. The number of rotatable bonds is 2. The molecular weight excluding hydrogens is 299 g/mol. The predicted octanol–water partition coefficient (Wildman–Crippen LogP) is 2.15. The topological polar surface area (TPSA) is 43.4 Å². The molecule has 16 heavy (non-hydrogen) atoms. The van der Waals surface area contributed by atoms with E-state index >= 15 is 0 Å². The Labute approximate surface area is 102 Å². The van der Waals surface area contributed by atoms with Gasteiger partial charge in [0.1, 0.15) is 17.7 Å². The molecule has 0 aromatic heterocycles. The minimum atomic E-state index is -2.94. The van der Waals surface area contributed by atoms with Gasteiger partial charge in [0.25, 0.3) is 0 Å². The van der Waals surface area contributed by atoms with Crippen LogP contribution in [-0.4, -0.2) is 26.0 Å². The highest BCUT2D eigenvalue weighted by atomic mass is 79.9. The summed E-state index contributed by atoms with van der Waals surface area (Å²) >= 11 is 3.04. The van der Waals surface area contributed by atoms with Crippen molar-refractivity contribution < 1.29 is 17.5 Å². The summed E-state index contributed by atoms with van der Waals surface area (Å²) in [4.78, 5) is 0. The summed E-state index contributed by atoms with van der Waals surface area (Å²) in [5.74, 6) is 0.323. The quantitative estimate of drug-likeness (QED) is 0.841. The fourth-order valence-corrected chi connectivity index (χ4v) is 3.54. The zero-order valence-electron chi connectivity index (χ0n) is 8.32. The minimum Gasteiger partial charge on any atom is -0.489 e. The smallest absolute Gasteiger partial charge is 0.154 e. The van der Waals surface area contributed by atoms with Crippen molar-refractivity contribution in [2.24, 2.45) is 0 Å². The molecule has 0 aliphatic carbocycles. The maximum atomic E-state index is 12.9. The number of sulfone groups is 1. The lowest BCUT2D eigenvalue weighted by atomic mass is 10.3. The Balaban J connectivity index is 2.08. The lowest BCUT2D eigenvalue weighted by Gasteiger charge is -2.12. The van der Waals surface area contributed by atoms with Gasteiger partial charge in [-0.15, -0.1) is 0 Å². The SMILES string of the molecule is O=S1(=O)CCC(Oc2ccc(F)c(Br)c2)C1. The molecule has 6 heteroatoms. The molecule has 1 heterocycles. The maximum absolute atomic E-state index is 12.9. The number of benzene rings is 1. The Kier molecular flexibility index (Phi) is 3.21. The first-order valence-corrected chi connectivity index (χ1v) is 7.40. The van der Waals surface area contributed by atoms with Gasteiger partial charge in [-0.25, -0.2) is 12.8 Å². The summed E-state index contributed by atoms with van der Waals surface area (Å²) in [6.07, 6.45) is 0.180. The zero-order chi connectivity index (χ0) is 11.8. The third-order valence-electron chi connectivity index (χ3n) is 2.38. The van der Waals surface area contributed by atoms with E-state index in [0.717, 1.165) is 0 Å². The molecule has 1 fully saturated rings. The molecule has 0 bridgehead atoms. The van der Waals surface area contributed by atoms with E-state index < -0.39 is 9.84 Å². The van der Waals surface area contributed by atoms with Crippen LogP contribution in [0.2, 0.25) is 0 Å². The third-order valence-corrected chi connectivity index (χ3v) is 4.73. The standard InChI is InChI=1S/C10H10BrFO3S/c11-9-5-7(1-2-10(9)12)15-8-3-4-16(13,14)6-8/h1-2,5,8H,3-4,6H2. The Bertz CT molecular complexity index is 501. The normalized spacial score (nSPS) is 23.2. The van der Waals surface area contributed by atoms with Crippen LogP contribution in [0.15, 0.2) is 22.7 Å². The highest BCUT2D eigenvalue weighted by Crippen LogP contribution is 2.24. The van der Waals surface area contributed by atoms with Crippen LogP contribution in [0.4, 0.5) is 4.39 Å². The van der Waals surface area contributed by atoms with Gasteiger partial charge in [-0.2, -0.15) is 0 Å². The summed E-state index contributed by atoms with van der Waals surface area (Å²) in [6, 6.07) is 4.27. The second-order valence-corrected chi connectivity index (χ2v) is 6.80. The van der Waals surface area contributed by atoms with Crippen molar-refractivity contribution in [3.05, 3.63) is 28.5 Å². The molecule has 1 aliphatic rings. The molecule has 0 spiro atoms. The molecule has 1 aliphatic heterocycles. The van der Waals surface area contributed by atoms with Gasteiger partial charge < -0.3 is 4.74 Å². The van der Waals surface area contributed by atoms with Gasteiger partial charge in [0, 0.05) is 0 Å². The van der Waals surface area contributed by atoms with Crippen molar-refractivity contribution in [1.29, 1.82) is 0 Å². The minimum absolute atomic E-state index is 0.0436. The number of hydrogen-bond donors (Lipinski definition) is 0. The van der Waals surface area contributed by atoms with E-state index in [1.807, 2.05) is 0 Å². The van der Waals surface area contributed by atoms with Crippen LogP contribution in [0.1, 0.15) is 6.42 Å². The predicted molar refractivity (Wildman–Crippen MR) is 61.8 cm³/mol. The Morgan fingerprint density at radius 3 is 2.75 bits per heavy atom. The molecule has 88 valence electrons. The summed E-state index contributed by atoms with van der Waals surface area (Å²) in [5.41, 5.74) is 0. The van der Waals surface area contributed by atoms with Gasteiger partial charge in [0.15, 0.2) is 9.84 Å². The summed E-state index contributed by atoms with van der Waals surface area (Å²) in [5, 5.41) is 0. The fraction of sp³-hybridized carbons (Fsp3) is 0.400. The van der Waals surface area contributed by atoms with Crippen molar-refractivity contribution in [3.8, 4) is 5.75 Å². The van der Waals surface area contributed by atoms with Crippen LogP contribution in [-0.2, 0) is 9.84 Å². The number of hydrogen-bond acceptors (Lipinski definition) is 3. The van der Waals surface area contributed by atoms with E-state index in [9.17, 15) is 12.8 Å². The van der Waals surface area contributed by atoms with E-state index in [-0.39, 0.29) is 23.4 Å². The Morgan fingerprint density at radius 2 is 2.19 bits per heavy atom. The average molecular weight is 309 g/mol. The summed E-state index contributed by atoms with van der Waals surface area (Å²) in [7, 11) is -2.94. The van der Waals surface area contributed by atoms with Gasteiger partial charge in [-0.1, -0.05) is 0 Å². The van der Waals surface area contributed by atoms with Crippen molar-refractivity contribution >= 4 is 25.8 Å². The maximum Gasteiger partial charge on any atom is 0.154 e. The van der Waals surface area contributed by atoms with E-state index in [1.54, 1.807) is 0 Å². The van der Waals surface area contributed by atoms with Gasteiger partial charge in [0.2, 0.25) is 0 Å². The number of ether oxygens (including phenoxy) is 1. The monoisotopic (exact) mass is 308 g/mol. The van der Waals surface area contributed by atoms with Crippen molar-refractivity contribution in [1.82, 2.24) is 0 Å². The molecule has 2 rings (SSSR count). The molecular formula is C10H10BrFO3S. The molecule has 3 nitrogen and oxygen atoms in total. The first-order chi connectivity index (χ1) is 7.46. The molecule has 1 atom stereocenters. The van der Waals surface area contributed by atoms with Crippen LogP contribution in [0.5, 0.6) is 5.75 Å². The molecule has 0 radical (unpaired) electrons. The van der Waals surface area contributed by atoms with Gasteiger partial charge >= 0.3 is 0 Å². The molecule has 1 aromatic rings. The molecule has 1 aromatic carbocycles. The van der Waals surface area contributed by atoms with E-state index in [2.05, 4.69) is 15.9 Å². The summed E-state index contributed by atoms with van der Waals surface area (Å²) < 4.78 is 41.1. The second-order valence-electron chi connectivity index (χ2n) is 3.72. The van der Waals surface area contributed by atoms with Crippen LogP contribution < -0.4 is 4.74 Å². The van der Waals surface area contributed by atoms with Crippen molar-refractivity contribution in [3.63, 3.8) is 0 Å². The van der Waals surface area contributed by atoms with Crippen LogP contribution in [0.25, 0.3) is 0 Å². The third kappa shape index (κ3) is 2.74.